The van der Waals surface area contributed by atoms with Crippen LogP contribution in [0.15, 0.2) is 30.3 Å². The minimum Gasteiger partial charge on any atom is -0.480 e. The van der Waals surface area contributed by atoms with Crippen molar-refractivity contribution in [3.05, 3.63) is 35.9 Å². The molecule has 6 nitrogen and oxygen atoms in total. The first-order valence-corrected chi connectivity index (χ1v) is 7.12. The summed E-state index contributed by atoms with van der Waals surface area (Å²) in [5.41, 5.74) is 0.862. The fraction of sp³-hybridized carbons (Fsp3) is 0.400. The van der Waals surface area contributed by atoms with Crippen LogP contribution in [0, 0.1) is 0 Å². The summed E-state index contributed by atoms with van der Waals surface area (Å²) in [6, 6.07) is 7.49. The molecule has 1 aromatic rings. The van der Waals surface area contributed by atoms with Gasteiger partial charge in [0.25, 0.3) is 0 Å². The molecule has 0 aromatic heterocycles. The number of benzene rings is 1. The van der Waals surface area contributed by atoms with E-state index in [0.29, 0.717) is 19.4 Å². The minimum atomic E-state index is -1.02. The third kappa shape index (κ3) is 3.87. The van der Waals surface area contributed by atoms with E-state index >= 15 is 0 Å². The van der Waals surface area contributed by atoms with Crippen LogP contribution in [0.3, 0.4) is 0 Å². The van der Waals surface area contributed by atoms with Gasteiger partial charge in [0.05, 0.1) is 0 Å². The largest absolute Gasteiger partial charge is 0.480 e. The summed E-state index contributed by atoms with van der Waals surface area (Å²) in [6.45, 7) is 0.377. The van der Waals surface area contributed by atoms with Crippen molar-refractivity contribution in [2.24, 2.45) is 0 Å². The Morgan fingerprint density at radius 2 is 2.00 bits per heavy atom. The predicted octanol–water partition coefficient (Wildman–Crippen LogP) is 0.551. The van der Waals surface area contributed by atoms with Gasteiger partial charge in [0.2, 0.25) is 13.8 Å². The zero-order valence-corrected chi connectivity index (χ0v) is 12.1. The SMILES string of the molecule is [B]C(=O)NC(Cc1ccccc1)C(=O)N1CCC[C@H]1C(=O)O. The molecule has 2 atom stereocenters. The molecule has 1 fully saturated rings. The van der Waals surface area contributed by atoms with E-state index in [-0.39, 0.29) is 6.42 Å². The van der Waals surface area contributed by atoms with Crippen molar-refractivity contribution >= 4 is 25.5 Å². The first kappa shape index (κ1) is 16.1. The summed E-state index contributed by atoms with van der Waals surface area (Å²) in [7, 11) is 5.14. The summed E-state index contributed by atoms with van der Waals surface area (Å²) in [5.74, 6) is -2.24. The van der Waals surface area contributed by atoms with Gasteiger partial charge in [-0.1, -0.05) is 30.3 Å². The zero-order chi connectivity index (χ0) is 16.1. The number of nitrogens with one attached hydrogen (secondary N) is 1. The van der Waals surface area contributed by atoms with Crippen LogP contribution in [0.4, 0.5) is 4.79 Å². The first-order chi connectivity index (χ1) is 10.5. The van der Waals surface area contributed by atoms with Crippen LogP contribution in [-0.2, 0) is 16.0 Å². The number of rotatable bonds is 5. The number of amides is 2. The third-order valence-corrected chi connectivity index (χ3v) is 3.72. The van der Waals surface area contributed by atoms with Crippen LogP contribution >= 0.6 is 0 Å². The van der Waals surface area contributed by atoms with E-state index in [1.54, 1.807) is 0 Å². The Labute approximate surface area is 129 Å². The van der Waals surface area contributed by atoms with Gasteiger partial charge in [-0.05, 0) is 18.4 Å². The highest BCUT2D eigenvalue weighted by Crippen LogP contribution is 2.19. The van der Waals surface area contributed by atoms with Crippen molar-refractivity contribution in [3.8, 4) is 0 Å². The van der Waals surface area contributed by atoms with E-state index in [1.165, 1.54) is 4.90 Å². The van der Waals surface area contributed by atoms with Crippen LogP contribution < -0.4 is 5.32 Å². The average molecular weight is 300 g/mol. The first-order valence-electron chi connectivity index (χ1n) is 7.12. The minimum absolute atomic E-state index is 0.269. The number of carboxylic acid groups (broad SMARTS) is 1. The standard InChI is InChI=1S/C15H17BN2O4/c16-15(22)17-11(9-10-5-2-1-3-6-10)13(19)18-8-4-7-12(18)14(20)21/h1-3,5-6,11-12H,4,7-9H2,(H,17,22)(H,20,21)/t11?,12-/m0/s1. The van der Waals surface area contributed by atoms with Crippen molar-refractivity contribution in [1.82, 2.24) is 10.2 Å². The topological polar surface area (TPSA) is 86.7 Å². The Morgan fingerprint density at radius 1 is 1.32 bits per heavy atom. The summed E-state index contributed by atoms with van der Waals surface area (Å²) in [4.78, 5) is 36.3. The number of hydrogen-bond acceptors (Lipinski definition) is 3. The van der Waals surface area contributed by atoms with Crippen LogP contribution in [0.2, 0.25) is 0 Å². The summed E-state index contributed by atoms with van der Waals surface area (Å²) < 4.78 is 0. The van der Waals surface area contributed by atoms with Crippen molar-refractivity contribution < 1.29 is 19.5 Å². The smallest absolute Gasteiger partial charge is 0.326 e. The number of aliphatic carboxylic acids is 1. The second-order valence-corrected chi connectivity index (χ2v) is 5.28. The molecular weight excluding hydrogens is 283 g/mol. The molecule has 1 unspecified atom stereocenters. The molecule has 0 spiro atoms. The summed E-state index contributed by atoms with van der Waals surface area (Å²) in [5, 5.41) is 11.6. The van der Waals surface area contributed by atoms with Gasteiger partial charge in [-0.2, -0.15) is 0 Å². The van der Waals surface area contributed by atoms with E-state index in [1.807, 2.05) is 30.3 Å². The van der Waals surface area contributed by atoms with E-state index in [0.717, 1.165) is 5.56 Å². The monoisotopic (exact) mass is 300 g/mol. The van der Waals surface area contributed by atoms with Gasteiger partial charge < -0.3 is 15.3 Å². The molecule has 0 bridgehead atoms. The maximum absolute atomic E-state index is 12.6. The lowest BCUT2D eigenvalue weighted by Crippen LogP contribution is -2.52. The Bertz CT molecular complexity index is 564. The van der Waals surface area contributed by atoms with Gasteiger partial charge in [0.15, 0.2) is 5.81 Å². The molecule has 1 aliphatic rings. The van der Waals surface area contributed by atoms with E-state index in [9.17, 15) is 19.5 Å². The average Bonchev–Trinajstić information content (AvgIpc) is 2.96. The second kappa shape index (κ2) is 7.11. The van der Waals surface area contributed by atoms with E-state index < -0.39 is 29.8 Å². The number of carbonyl (C=O) groups excluding carboxylic acids is 2. The lowest BCUT2D eigenvalue weighted by atomic mass is 10.0. The maximum atomic E-state index is 12.6. The molecule has 2 amide bonds. The molecule has 2 rings (SSSR count). The molecule has 22 heavy (non-hydrogen) atoms. The van der Waals surface area contributed by atoms with Crippen LogP contribution in [-0.4, -0.2) is 54.2 Å². The normalized spacial score (nSPS) is 18.7. The Hall–Kier alpha value is -2.31. The van der Waals surface area contributed by atoms with Crippen LogP contribution in [0.25, 0.3) is 0 Å². The lowest BCUT2D eigenvalue weighted by molar-refractivity contribution is -0.148. The molecule has 0 saturated carbocycles. The Morgan fingerprint density at radius 3 is 2.59 bits per heavy atom. The molecule has 114 valence electrons. The Balaban J connectivity index is 2.15. The van der Waals surface area contributed by atoms with Crippen molar-refractivity contribution in [3.63, 3.8) is 0 Å². The molecule has 7 heteroatoms. The van der Waals surface area contributed by atoms with Crippen molar-refractivity contribution in [2.45, 2.75) is 31.3 Å². The fourth-order valence-electron chi connectivity index (χ4n) is 2.71. The van der Waals surface area contributed by atoms with Gasteiger partial charge in [-0.25, -0.2) is 4.79 Å². The highest BCUT2D eigenvalue weighted by atomic mass is 16.4. The molecule has 1 aromatic carbocycles. The lowest BCUT2D eigenvalue weighted by Gasteiger charge is -2.27. The summed E-state index contributed by atoms with van der Waals surface area (Å²) in [6.07, 6.45) is 1.33. The van der Waals surface area contributed by atoms with Gasteiger partial charge in [0, 0.05) is 13.0 Å². The van der Waals surface area contributed by atoms with Gasteiger partial charge in [-0.3, -0.25) is 9.59 Å². The number of hydrogen-bond donors (Lipinski definition) is 2. The number of nitrogens with zero attached hydrogens (tertiary/aromatic N) is 1. The summed E-state index contributed by atoms with van der Waals surface area (Å²) >= 11 is 0. The predicted molar refractivity (Wildman–Crippen MR) is 80.6 cm³/mol. The molecule has 1 saturated heterocycles. The van der Waals surface area contributed by atoms with Crippen LogP contribution in [0.1, 0.15) is 18.4 Å². The van der Waals surface area contributed by atoms with Crippen molar-refractivity contribution in [2.75, 3.05) is 6.54 Å². The number of carbonyl (C=O) groups is 3. The fourth-order valence-corrected chi connectivity index (χ4v) is 2.71. The Kier molecular flexibility index (Phi) is 5.19. The number of carboxylic acids is 1. The highest BCUT2D eigenvalue weighted by molar-refractivity contribution is 6.57. The van der Waals surface area contributed by atoms with E-state index in [2.05, 4.69) is 5.32 Å². The van der Waals surface area contributed by atoms with Gasteiger partial charge >= 0.3 is 5.97 Å². The van der Waals surface area contributed by atoms with Crippen molar-refractivity contribution in [1.29, 1.82) is 0 Å². The molecule has 2 N–H and O–H groups in total. The highest BCUT2D eigenvalue weighted by Gasteiger charge is 2.37. The van der Waals surface area contributed by atoms with Gasteiger partial charge in [0.1, 0.15) is 12.1 Å². The zero-order valence-electron chi connectivity index (χ0n) is 12.1. The number of likely N-dealkylation sites (tertiary alicyclic amines) is 1. The maximum Gasteiger partial charge on any atom is 0.326 e. The van der Waals surface area contributed by atoms with Gasteiger partial charge in [-0.15, -0.1) is 0 Å². The molecule has 1 heterocycles. The quantitative estimate of drug-likeness (QED) is 0.778. The molecule has 0 aliphatic carbocycles. The van der Waals surface area contributed by atoms with Crippen LogP contribution in [0.5, 0.6) is 0 Å². The molecule has 1 aliphatic heterocycles. The third-order valence-electron chi connectivity index (χ3n) is 3.72. The molecule has 2 radical (unpaired) electrons. The van der Waals surface area contributed by atoms with E-state index in [4.69, 9.17) is 7.85 Å². The molecular formula is C15H17BN2O4. The second-order valence-electron chi connectivity index (χ2n) is 5.28.